The number of carbonyl (C=O) groups is 3. The Labute approximate surface area is 129 Å². The maximum atomic E-state index is 11.7. The highest BCUT2D eigenvalue weighted by Gasteiger charge is 2.30. The molecule has 0 aliphatic carbocycles. The minimum absolute atomic E-state index is 0.280. The van der Waals surface area contributed by atoms with Crippen molar-refractivity contribution < 1.29 is 23.9 Å². The van der Waals surface area contributed by atoms with Crippen molar-refractivity contribution in [1.29, 1.82) is 0 Å². The summed E-state index contributed by atoms with van der Waals surface area (Å²) >= 11 is 0. The Bertz CT molecular complexity index is 1090. The number of esters is 3. The van der Waals surface area contributed by atoms with Crippen LogP contribution < -0.4 is 0 Å². The van der Waals surface area contributed by atoms with Gasteiger partial charge in [0.05, 0.1) is 16.7 Å². The Kier molecular flexibility index (Phi) is 2.12. The SMILES string of the molecule is O=C1OCc2cc3cc4cc5c(cc4cc3cc21)C(=O)OC5=O. The van der Waals surface area contributed by atoms with Crippen LogP contribution in [-0.2, 0) is 16.1 Å². The van der Waals surface area contributed by atoms with Crippen molar-refractivity contribution in [2.24, 2.45) is 0 Å². The zero-order chi connectivity index (χ0) is 15.7. The molecule has 0 spiro atoms. The van der Waals surface area contributed by atoms with E-state index in [0.29, 0.717) is 11.1 Å². The molecule has 2 aliphatic rings. The zero-order valence-electron chi connectivity index (χ0n) is 11.7. The normalized spacial score (nSPS) is 15.7. The minimum atomic E-state index is -0.621. The van der Waals surface area contributed by atoms with Gasteiger partial charge in [-0.2, -0.15) is 0 Å². The topological polar surface area (TPSA) is 69.7 Å². The second kappa shape index (κ2) is 3.95. The molecule has 2 heterocycles. The molecule has 0 N–H and O–H groups in total. The first-order chi connectivity index (χ1) is 11.1. The van der Waals surface area contributed by atoms with Crippen LogP contribution in [0, 0.1) is 0 Å². The van der Waals surface area contributed by atoms with Gasteiger partial charge in [0.25, 0.3) is 0 Å². The Morgan fingerprint density at radius 1 is 0.609 bits per heavy atom. The quantitative estimate of drug-likeness (QED) is 0.363. The maximum Gasteiger partial charge on any atom is 0.346 e. The third-order valence-electron chi connectivity index (χ3n) is 4.36. The lowest BCUT2D eigenvalue weighted by molar-refractivity contribution is 0.0442. The van der Waals surface area contributed by atoms with Gasteiger partial charge in [0, 0.05) is 5.56 Å². The van der Waals surface area contributed by atoms with Crippen LogP contribution in [0.4, 0.5) is 0 Å². The van der Waals surface area contributed by atoms with E-state index in [2.05, 4.69) is 4.74 Å². The lowest BCUT2D eigenvalue weighted by atomic mass is 9.96. The average Bonchev–Trinajstić information content (AvgIpc) is 3.02. The molecule has 23 heavy (non-hydrogen) atoms. The molecule has 0 fully saturated rings. The van der Waals surface area contributed by atoms with E-state index < -0.39 is 11.9 Å². The molecule has 0 amide bonds. The van der Waals surface area contributed by atoms with Gasteiger partial charge in [-0.05, 0) is 57.9 Å². The number of fused-ring (bicyclic) bond motifs is 4. The molecule has 0 unspecified atom stereocenters. The van der Waals surface area contributed by atoms with Crippen molar-refractivity contribution >= 4 is 39.5 Å². The molecule has 2 aliphatic heterocycles. The van der Waals surface area contributed by atoms with Crippen molar-refractivity contribution in [3.05, 3.63) is 58.7 Å². The number of carbonyl (C=O) groups excluding carboxylic acids is 3. The predicted octanol–water partition coefficient (Wildman–Crippen LogP) is 2.97. The van der Waals surface area contributed by atoms with Gasteiger partial charge >= 0.3 is 17.9 Å². The van der Waals surface area contributed by atoms with Crippen LogP contribution in [0.25, 0.3) is 21.5 Å². The highest BCUT2D eigenvalue weighted by molar-refractivity contribution is 6.18. The monoisotopic (exact) mass is 304 g/mol. The van der Waals surface area contributed by atoms with Gasteiger partial charge in [-0.25, -0.2) is 14.4 Å². The second-order valence-electron chi connectivity index (χ2n) is 5.71. The van der Waals surface area contributed by atoms with Gasteiger partial charge in [-0.1, -0.05) is 0 Å². The molecule has 3 aromatic rings. The fourth-order valence-corrected chi connectivity index (χ4v) is 3.21. The van der Waals surface area contributed by atoms with E-state index in [1.807, 2.05) is 18.2 Å². The first-order valence-electron chi connectivity index (χ1n) is 7.08. The molecule has 0 aromatic heterocycles. The fraction of sp³-hybridized carbons (Fsp3) is 0.0556. The van der Waals surface area contributed by atoms with Gasteiger partial charge in [0.1, 0.15) is 6.61 Å². The molecule has 0 bridgehead atoms. The summed E-state index contributed by atoms with van der Waals surface area (Å²) in [6.45, 7) is 0.285. The van der Waals surface area contributed by atoms with E-state index >= 15 is 0 Å². The molecule has 5 nitrogen and oxygen atoms in total. The summed E-state index contributed by atoms with van der Waals surface area (Å²) in [6.07, 6.45) is 0. The smallest absolute Gasteiger partial charge is 0.346 e. The average molecular weight is 304 g/mol. The number of ether oxygens (including phenoxy) is 2. The van der Waals surface area contributed by atoms with Crippen LogP contribution >= 0.6 is 0 Å². The number of hydrogen-bond acceptors (Lipinski definition) is 5. The highest BCUT2D eigenvalue weighted by Crippen LogP contribution is 2.32. The number of benzene rings is 3. The second-order valence-corrected chi connectivity index (χ2v) is 5.71. The van der Waals surface area contributed by atoms with E-state index in [4.69, 9.17) is 4.74 Å². The molecule has 110 valence electrons. The summed E-state index contributed by atoms with van der Waals surface area (Å²) in [5.74, 6) is -1.55. The molecule has 0 saturated heterocycles. The number of hydrogen-bond donors (Lipinski definition) is 0. The maximum absolute atomic E-state index is 11.7. The van der Waals surface area contributed by atoms with Crippen LogP contribution in [0.1, 0.15) is 36.6 Å². The number of cyclic esters (lactones) is 3. The van der Waals surface area contributed by atoms with Crippen molar-refractivity contribution in [1.82, 2.24) is 0 Å². The van der Waals surface area contributed by atoms with Crippen LogP contribution in [0.15, 0.2) is 36.4 Å². The van der Waals surface area contributed by atoms with Crippen molar-refractivity contribution in [3.63, 3.8) is 0 Å². The predicted molar refractivity (Wildman–Crippen MR) is 80.3 cm³/mol. The summed E-state index contributed by atoms with van der Waals surface area (Å²) in [5.41, 5.74) is 2.01. The van der Waals surface area contributed by atoms with E-state index in [9.17, 15) is 14.4 Å². The van der Waals surface area contributed by atoms with Crippen LogP contribution in [-0.4, -0.2) is 17.9 Å². The van der Waals surface area contributed by atoms with E-state index in [-0.39, 0.29) is 18.1 Å². The molecule has 3 aromatic carbocycles. The molecule has 5 heteroatoms. The van der Waals surface area contributed by atoms with Gasteiger partial charge in [-0.15, -0.1) is 0 Å². The molecule has 5 rings (SSSR count). The van der Waals surface area contributed by atoms with Crippen LogP contribution in [0.3, 0.4) is 0 Å². The van der Waals surface area contributed by atoms with Crippen molar-refractivity contribution in [2.45, 2.75) is 6.61 Å². The van der Waals surface area contributed by atoms with E-state index in [1.165, 1.54) is 0 Å². The number of rotatable bonds is 0. The lowest BCUT2D eigenvalue weighted by Gasteiger charge is -2.05. The molecular weight excluding hydrogens is 296 g/mol. The van der Waals surface area contributed by atoms with E-state index in [0.717, 1.165) is 27.1 Å². The van der Waals surface area contributed by atoms with Crippen LogP contribution in [0.5, 0.6) is 0 Å². The molecular formula is C18H8O5. The first kappa shape index (κ1) is 12.3. The van der Waals surface area contributed by atoms with E-state index in [1.54, 1.807) is 18.2 Å². The van der Waals surface area contributed by atoms with Gasteiger partial charge in [0.2, 0.25) is 0 Å². The third kappa shape index (κ3) is 1.59. The molecule has 0 atom stereocenters. The Morgan fingerprint density at radius 3 is 1.74 bits per heavy atom. The molecule has 0 radical (unpaired) electrons. The standard InChI is InChI=1S/C18H8O5/c19-16-13-4-9-2-11-6-15-14(17(20)23-18(15)21)5-10(11)1-8(9)3-12(13)7-22-16/h1-6H,7H2. The summed E-state index contributed by atoms with van der Waals surface area (Å²) < 4.78 is 9.68. The minimum Gasteiger partial charge on any atom is -0.457 e. The lowest BCUT2D eigenvalue weighted by Crippen LogP contribution is -1.96. The van der Waals surface area contributed by atoms with Gasteiger partial charge in [-0.3, -0.25) is 0 Å². The fourth-order valence-electron chi connectivity index (χ4n) is 3.21. The largest absolute Gasteiger partial charge is 0.457 e. The van der Waals surface area contributed by atoms with Crippen molar-refractivity contribution in [2.75, 3.05) is 0 Å². The summed E-state index contributed by atoms with van der Waals surface area (Å²) in [6, 6.07) is 10.9. The van der Waals surface area contributed by atoms with Crippen molar-refractivity contribution in [3.8, 4) is 0 Å². The summed E-state index contributed by atoms with van der Waals surface area (Å²) in [5, 5.41) is 3.49. The molecule has 0 saturated carbocycles. The van der Waals surface area contributed by atoms with Gasteiger partial charge < -0.3 is 9.47 Å². The summed E-state index contributed by atoms with van der Waals surface area (Å²) in [4.78, 5) is 35.0. The highest BCUT2D eigenvalue weighted by atomic mass is 16.6. The first-order valence-corrected chi connectivity index (χ1v) is 7.08. The Balaban J connectivity index is 1.84. The third-order valence-corrected chi connectivity index (χ3v) is 4.36. The van der Waals surface area contributed by atoms with Gasteiger partial charge in [0.15, 0.2) is 0 Å². The summed E-state index contributed by atoms with van der Waals surface area (Å²) in [7, 11) is 0. The van der Waals surface area contributed by atoms with Crippen LogP contribution in [0.2, 0.25) is 0 Å². The zero-order valence-corrected chi connectivity index (χ0v) is 11.7. The Hall–Kier alpha value is -3.21. The Morgan fingerprint density at radius 2 is 1.13 bits per heavy atom.